The summed E-state index contributed by atoms with van der Waals surface area (Å²) >= 11 is 0. The lowest BCUT2D eigenvalue weighted by Crippen LogP contribution is -2.35. The second kappa shape index (κ2) is 8.68. The lowest BCUT2D eigenvalue weighted by Gasteiger charge is -2.26. The Hall–Kier alpha value is -3.11. The van der Waals surface area contributed by atoms with Gasteiger partial charge in [0.15, 0.2) is 11.5 Å². The van der Waals surface area contributed by atoms with Crippen LogP contribution in [0, 0.1) is 5.92 Å². The van der Waals surface area contributed by atoms with E-state index in [0.717, 1.165) is 19.3 Å². The summed E-state index contributed by atoms with van der Waals surface area (Å²) in [4.78, 5) is 27.2. The molecule has 9 nitrogen and oxygen atoms in total. The van der Waals surface area contributed by atoms with Crippen molar-refractivity contribution in [3.05, 3.63) is 42.5 Å². The second-order valence-corrected chi connectivity index (χ2v) is 10.4. The summed E-state index contributed by atoms with van der Waals surface area (Å²) in [6.45, 7) is 1.40. The molecule has 10 heteroatoms. The van der Waals surface area contributed by atoms with Crippen molar-refractivity contribution in [1.29, 1.82) is 0 Å². The first kappa shape index (κ1) is 21.7. The van der Waals surface area contributed by atoms with Crippen molar-refractivity contribution in [1.82, 2.24) is 4.31 Å². The van der Waals surface area contributed by atoms with Gasteiger partial charge in [-0.1, -0.05) is 12.5 Å². The number of anilines is 2. The fourth-order valence-electron chi connectivity index (χ4n) is 4.42. The van der Waals surface area contributed by atoms with Crippen molar-refractivity contribution in [2.45, 2.75) is 30.6 Å². The molecule has 174 valence electrons. The Morgan fingerprint density at radius 1 is 1.00 bits per heavy atom. The summed E-state index contributed by atoms with van der Waals surface area (Å²) in [6.07, 6.45) is 2.81. The number of nitrogens with one attached hydrogen (secondary N) is 1. The molecule has 2 aromatic rings. The maximum atomic E-state index is 12.9. The molecule has 2 amide bonds. The van der Waals surface area contributed by atoms with Crippen LogP contribution in [0.1, 0.15) is 25.7 Å². The van der Waals surface area contributed by atoms with Gasteiger partial charge in [-0.3, -0.25) is 9.59 Å². The Balaban J connectivity index is 1.27. The first-order valence-electron chi connectivity index (χ1n) is 11.0. The third-order valence-corrected chi connectivity index (χ3v) is 8.11. The molecule has 0 aromatic heterocycles. The normalized spacial score (nSPS) is 20.8. The van der Waals surface area contributed by atoms with E-state index in [1.54, 1.807) is 41.3 Å². The lowest BCUT2D eigenvalue weighted by molar-refractivity contribution is -0.122. The number of hydrogen-bond acceptors (Lipinski definition) is 6. The molecular formula is C23H25N3O6S. The van der Waals surface area contributed by atoms with E-state index in [1.807, 2.05) is 0 Å². The number of amides is 2. The standard InChI is InChI=1S/C23H25N3O6S/c27-22-11-16(14-26(22)18-7-8-20-21(13-18)32-15-31-20)23(28)24-17-5-4-6-19(12-17)33(29,30)25-9-2-1-3-10-25/h4-8,12-13,16H,1-3,9-11,14-15H2,(H,24,28). The van der Waals surface area contributed by atoms with Gasteiger partial charge in [-0.25, -0.2) is 8.42 Å². The van der Waals surface area contributed by atoms with Gasteiger partial charge in [0, 0.05) is 43.5 Å². The summed E-state index contributed by atoms with van der Waals surface area (Å²) in [5.74, 6) is 0.166. The van der Waals surface area contributed by atoms with Crippen molar-refractivity contribution >= 4 is 33.2 Å². The van der Waals surface area contributed by atoms with E-state index in [1.165, 1.54) is 10.4 Å². The van der Waals surface area contributed by atoms with Crippen molar-refractivity contribution in [2.24, 2.45) is 5.92 Å². The zero-order chi connectivity index (χ0) is 23.0. The van der Waals surface area contributed by atoms with Crippen LogP contribution < -0.4 is 19.7 Å². The number of hydrogen-bond donors (Lipinski definition) is 1. The summed E-state index contributed by atoms with van der Waals surface area (Å²) in [7, 11) is -3.60. The minimum Gasteiger partial charge on any atom is -0.454 e. The van der Waals surface area contributed by atoms with E-state index in [0.29, 0.717) is 36.0 Å². The first-order valence-corrected chi connectivity index (χ1v) is 12.5. The van der Waals surface area contributed by atoms with E-state index >= 15 is 0 Å². The number of carbonyl (C=O) groups is 2. The topological polar surface area (TPSA) is 105 Å². The minimum absolute atomic E-state index is 0.0754. The van der Waals surface area contributed by atoms with Gasteiger partial charge in [0.2, 0.25) is 28.6 Å². The molecule has 0 aliphatic carbocycles. The van der Waals surface area contributed by atoms with Crippen LogP contribution in [-0.2, 0) is 19.6 Å². The fourth-order valence-corrected chi connectivity index (χ4v) is 5.98. The van der Waals surface area contributed by atoms with Crippen LogP contribution in [0.5, 0.6) is 11.5 Å². The van der Waals surface area contributed by atoms with Gasteiger partial charge in [-0.15, -0.1) is 0 Å². The molecule has 0 saturated carbocycles. The third-order valence-electron chi connectivity index (χ3n) is 6.22. The maximum Gasteiger partial charge on any atom is 0.243 e. The van der Waals surface area contributed by atoms with Gasteiger partial charge >= 0.3 is 0 Å². The molecule has 0 spiro atoms. The number of carbonyl (C=O) groups excluding carboxylic acids is 2. The van der Waals surface area contributed by atoms with Crippen molar-refractivity contribution in [2.75, 3.05) is 36.6 Å². The number of rotatable bonds is 5. The van der Waals surface area contributed by atoms with Gasteiger partial charge in [0.05, 0.1) is 10.8 Å². The molecule has 1 N–H and O–H groups in total. The largest absolute Gasteiger partial charge is 0.454 e. The van der Waals surface area contributed by atoms with E-state index < -0.39 is 15.9 Å². The Morgan fingerprint density at radius 2 is 1.79 bits per heavy atom. The molecule has 33 heavy (non-hydrogen) atoms. The lowest BCUT2D eigenvalue weighted by atomic mass is 10.1. The zero-order valence-corrected chi connectivity index (χ0v) is 18.8. The highest BCUT2D eigenvalue weighted by atomic mass is 32.2. The molecule has 1 unspecified atom stereocenters. The van der Waals surface area contributed by atoms with Gasteiger partial charge in [0.1, 0.15) is 0 Å². The highest BCUT2D eigenvalue weighted by Gasteiger charge is 2.36. The number of ether oxygens (including phenoxy) is 2. The molecule has 3 aliphatic rings. The van der Waals surface area contributed by atoms with Gasteiger partial charge in [-0.05, 0) is 43.2 Å². The third kappa shape index (κ3) is 4.28. The van der Waals surface area contributed by atoms with Crippen molar-refractivity contribution in [3.63, 3.8) is 0 Å². The predicted octanol–water partition coefficient (Wildman–Crippen LogP) is 2.58. The van der Waals surface area contributed by atoms with Crippen molar-refractivity contribution < 1.29 is 27.5 Å². The van der Waals surface area contributed by atoms with E-state index in [9.17, 15) is 18.0 Å². The van der Waals surface area contributed by atoms with Crippen LogP contribution in [0.15, 0.2) is 47.4 Å². The highest BCUT2D eigenvalue weighted by molar-refractivity contribution is 7.89. The van der Waals surface area contributed by atoms with Crippen LogP contribution in [0.2, 0.25) is 0 Å². The molecule has 1 atom stereocenters. The van der Waals surface area contributed by atoms with Crippen LogP contribution in [0.25, 0.3) is 0 Å². The Bertz CT molecular complexity index is 1190. The van der Waals surface area contributed by atoms with E-state index in [4.69, 9.17) is 9.47 Å². The molecule has 0 bridgehead atoms. The van der Waals surface area contributed by atoms with Crippen molar-refractivity contribution in [3.8, 4) is 11.5 Å². The molecule has 2 fully saturated rings. The van der Waals surface area contributed by atoms with Gasteiger partial charge in [-0.2, -0.15) is 4.31 Å². The van der Waals surface area contributed by atoms with Gasteiger partial charge < -0.3 is 19.7 Å². The summed E-state index contributed by atoms with van der Waals surface area (Å²) in [5.41, 5.74) is 1.04. The maximum absolute atomic E-state index is 12.9. The predicted molar refractivity (Wildman–Crippen MR) is 121 cm³/mol. The smallest absolute Gasteiger partial charge is 0.243 e. The Kier molecular flexibility index (Phi) is 5.71. The van der Waals surface area contributed by atoms with Gasteiger partial charge in [0.25, 0.3) is 0 Å². The first-order chi connectivity index (χ1) is 15.9. The highest BCUT2D eigenvalue weighted by Crippen LogP contribution is 2.37. The fraction of sp³-hybridized carbons (Fsp3) is 0.391. The van der Waals surface area contributed by atoms with Crippen LogP contribution in [0.3, 0.4) is 0 Å². The molecule has 3 aliphatic heterocycles. The quantitative estimate of drug-likeness (QED) is 0.719. The molecule has 3 heterocycles. The number of piperidine rings is 1. The zero-order valence-electron chi connectivity index (χ0n) is 18.0. The number of nitrogens with zero attached hydrogens (tertiary/aromatic N) is 2. The molecule has 2 saturated heterocycles. The second-order valence-electron chi connectivity index (χ2n) is 8.42. The summed E-state index contributed by atoms with van der Waals surface area (Å²) in [6, 6.07) is 11.5. The number of sulfonamides is 1. The number of benzene rings is 2. The van der Waals surface area contributed by atoms with E-state index in [-0.39, 0.29) is 36.5 Å². The molecule has 2 aromatic carbocycles. The summed E-state index contributed by atoms with van der Waals surface area (Å²) in [5, 5.41) is 2.79. The minimum atomic E-state index is -3.60. The average molecular weight is 472 g/mol. The molecule has 5 rings (SSSR count). The Labute approximate surface area is 192 Å². The summed E-state index contributed by atoms with van der Waals surface area (Å²) < 4.78 is 38.1. The monoisotopic (exact) mass is 471 g/mol. The number of fused-ring (bicyclic) bond motifs is 1. The SMILES string of the molecule is O=C(Nc1cccc(S(=O)(=O)N2CCCCC2)c1)C1CC(=O)N(c2ccc3c(c2)OCO3)C1. The van der Waals surface area contributed by atoms with Crippen LogP contribution >= 0.6 is 0 Å². The van der Waals surface area contributed by atoms with E-state index in [2.05, 4.69) is 5.32 Å². The molecular weight excluding hydrogens is 446 g/mol. The van der Waals surface area contributed by atoms with Crippen LogP contribution in [-0.4, -0.2) is 51.0 Å². The molecule has 0 radical (unpaired) electrons. The van der Waals surface area contributed by atoms with Crippen LogP contribution in [0.4, 0.5) is 11.4 Å². The average Bonchev–Trinajstić information content (AvgIpc) is 3.45. The Morgan fingerprint density at radius 3 is 2.61 bits per heavy atom.